The maximum atomic E-state index is 16.3. The Balaban J connectivity index is 2.16. The molecular formula is C17H14Cl2FN3. The van der Waals surface area contributed by atoms with Gasteiger partial charge in [0.2, 0.25) is 0 Å². The molecule has 3 rings (SSSR count). The van der Waals surface area contributed by atoms with Gasteiger partial charge in [0.05, 0.1) is 6.04 Å². The standard InChI is InChI=1S/C17H14Cl2FN3/c1-12(23-11-21-10-22-23)17(20,13-2-6-15(18)7-3-13)14-4-8-16(19)9-5-14/h2-12H,1H3. The van der Waals surface area contributed by atoms with Crippen molar-refractivity contribution in [3.05, 3.63) is 82.4 Å². The molecule has 0 saturated carbocycles. The minimum atomic E-state index is -1.80. The van der Waals surface area contributed by atoms with E-state index in [1.54, 1.807) is 55.5 Å². The van der Waals surface area contributed by atoms with Crippen molar-refractivity contribution in [2.24, 2.45) is 0 Å². The van der Waals surface area contributed by atoms with E-state index in [1.807, 2.05) is 0 Å². The van der Waals surface area contributed by atoms with Crippen molar-refractivity contribution in [2.75, 3.05) is 0 Å². The lowest BCUT2D eigenvalue weighted by Crippen LogP contribution is -2.32. The number of hydrogen-bond acceptors (Lipinski definition) is 2. The van der Waals surface area contributed by atoms with E-state index in [4.69, 9.17) is 23.2 Å². The third-order valence-electron chi connectivity index (χ3n) is 3.94. The van der Waals surface area contributed by atoms with E-state index < -0.39 is 11.7 Å². The lowest BCUT2D eigenvalue weighted by Gasteiger charge is -2.32. The molecule has 0 saturated heterocycles. The van der Waals surface area contributed by atoms with Crippen LogP contribution in [0.4, 0.5) is 4.39 Å². The number of aromatic nitrogens is 3. The Morgan fingerprint density at radius 2 is 1.43 bits per heavy atom. The summed E-state index contributed by atoms with van der Waals surface area (Å²) in [4.78, 5) is 3.92. The molecule has 0 spiro atoms. The fourth-order valence-corrected chi connectivity index (χ4v) is 2.89. The second-order valence-corrected chi connectivity index (χ2v) is 6.15. The van der Waals surface area contributed by atoms with Crippen LogP contribution in [0.25, 0.3) is 0 Å². The summed E-state index contributed by atoms with van der Waals surface area (Å²) in [6.07, 6.45) is 2.89. The van der Waals surface area contributed by atoms with Crippen LogP contribution in [0.3, 0.4) is 0 Å². The van der Waals surface area contributed by atoms with Crippen molar-refractivity contribution >= 4 is 23.2 Å². The van der Waals surface area contributed by atoms with Gasteiger partial charge >= 0.3 is 0 Å². The Hall–Kier alpha value is -1.91. The number of rotatable bonds is 4. The summed E-state index contributed by atoms with van der Waals surface area (Å²) in [5.74, 6) is 0. The first-order chi connectivity index (χ1) is 11.0. The second kappa shape index (κ2) is 6.30. The summed E-state index contributed by atoms with van der Waals surface area (Å²) < 4.78 is 17.8. The molecule has 1 heterocycles. The van der Waals surface area contributed by atoms with E-state index in [-0.39, 0.29) is 0 Å². The molecule has 1 aromatic heterocycles. The smallest absolute Gasteiger partial charge is 0.183 e. The van der Waals surface area contributed by atoms with Crippen LogP contribution in [-0.2, 0) is 5.67 Å². The molecule has 0 aliphatic rings. The van der Waals surface area contributed by atoms with Crippen molar-refractivity contribution < 1.29 is 4.39 Å². The Labute approximate surface area is 143 Å². The molecule has 0 amide bonds. The van der Waals surface area contributed by atoms with Gasteiger partial charge < -0.3 is 0 Å². The highest BCUT2D eigenvalue weighted by Crippen LogP contribution is 2.43. The van der Waals surface area contributed by atoms with Crippen LogP contribution in [0, 0.1) is 0 Å². The van der Waals surface area contributed by atoms with E-state index in [0.29, 0.717) is 21.2 Å². The Morgan fingerprint density at radius 3 is 1.83 bits per heavy atom. The first-order valence-electron chi connectivity index (χ1n) is 7.07. The fraction of sp³-hybridized carbons (Fsp3) is 0.176. The third kappa shape index (κ3) is 2.96. The molecule has 118 valence electrons. The average Bonchev–Trinajstić information content (AvgIpc) is 3.09. The van der Waals surface area contributed by atoms with Crippen LogP contribution in [0.5, 0.6) is 0 Å². The van der Waals surface area contributed by atoms with Gasteiger partial charge in [-0.25, -0.2) is 14.1 Å². The van der Waals surface area contributed by atoms with E-state index in [9.17, 15) is 0 Å². The van der Waals surface area contributed by atoms with E-state index in [0.717, 1.165) is 0 Å². The predicted octanol–water partition coefficient (Wildman–Crippen LogP) is 5.06. The molecule has 1 unspecified atom stereocenters. The first-order valence-corrected chi connectivity index (χ1v) is 7.82. The van der Waals surface area contributed by atoms with Crippen LogP contribution in [0.15, 0.2) is 61.2 Å². The topological polar surface area (TPSA) is 30.7 Å². The zero-order valence-electron chi connectivity index (χ0n) is 12.3. The zero-order chi connectivity index (χ0) is 16.4. The Morgan fingerprint density at radius 1 is 0.957 bits per heavy atom. The maximum Gasteiger partial charge on any atom is 0.183 e. The molecule has 3 aromatic rings. The number of halogens is 3. The number of nitrogens with zero attached hydrogens (tertiary/aromatic N) is 3. The molecule has 0 N–H and O–H groups in total. The van der Waals surface area contributed by atoms with Gasteiger partial charge in [-0.05, 0) is 42.3 Å². The third-order valence-corrected chi connectivity index (χ3v) is 4.44. The first kappa shape index (κ1) is 16.0. The molecule has 2 aromatic carbocycles. The highest BCUT2D eigenvalue weighted by molar-refractivity contribution is 6.30. The molecule has 0 aliphatic heterocycles. The molecule has 3 nitrogen and oxygen atoms in total. The SMILES string of the molecule is CC(n1cncn1)C(F)(c1ccc(Cl)cc1)c1ccc(Cl)cc1. The molecule has 0 bridgehead atoms. The van der Waals surface area contributed by atoms with Crippen molar-refractivity contribution in [3.8, 4) is 0 Å². The quantitative estimate of drug-likeness (QED) is 0.659. The Kier molecular flexibility index (Phi) is 4.37. The van der Waals surface area contributed by atoms with E-state index in [1.165, 1.54) is 17.3 Å². The van der Waals surface area contributed by atoms with Crippen LogP contribution in [-0.4, -0.2) is 14.8 Å². The second-order valence-electron chi connectivity index (χ2n) is 5.28. The average molecular weight is 350 g/mol. The molecule has 23 heavy (non-hydrogen) atoms. The van der Waals surface area contributed by atoms with Gasteiger partial charge in [0, 0.05) is 10.0 Å². The van der Waals surface area contributed by atoms with Crippen LogP contribution in [0.1, 0.15) is 24.1 Å². The number of hydrogen-bond donors (Lipinski definition) is 0. The van der Waals surface area contributed by atoms with Crippen LogP contribution < -0.4 is 0 Å². The monoisotopic (exact) mass is 349 g/mol. The van der Waals surface area contributed by atoms with E-state index in [2.05, 4.69) is 10.1 Å². The van der Waals surface area contributed by atoms with Gasteiger partial charge in [0.1, 0.15) is 12.7 Å². The van der Waals surface area contributed by atoms with Crippen LogP contribution in [0.2, 0.25) is 10.0 Å². The van der Waals surface area contributed by atoms with Crippen molar-refractivity contribution in [3.63, 3.8) is 0 Å². The normalized spacial score (nSPS) is 13.0. The van der Waals surface area contributed by atoms with E-state index >= 15 is 4.39 Å². The molecule has 1 atom stereocenters. The summed E-state index contributed by atoms with van der Waals surface area (Å²) >= 11 is 11.9. The predicted molar refractivity (Wildman–Crippen MR) is 89.5 cm³/mol. The molecule has 0 radical (unpaired) electrons. The Bertz CT molecular complexity index is 725. The minimum Gasteiger partial charge on any atom is -0.246 e. The van der Waals surface area contributed by atoms with Gasteiger partial charge in [-0.3, -0.25) is 0 Å². The molecule has 6 heteroatoms. The van der Waals surface area contributed by atoms with Gasteiger partial charge in [0.15, 0.2) is 5.67 Å². The van der Waals surface area contributed by atoms with Gasteiger partial charge in [-0.1, -0.05) is 47.5 Å². The zero-order valence-corrected chi connectivity index (χ0v) is 13.8. The largest absolute Gasteiger partial charge is 0.246 e. The summed E-state index contributed by atoms with van der Waals surface area (Å²) in [6.45, 7) is 1.76. The highest BCUT2D eigenvalue weighted by atomic mass is 35.5. The van der Waals surface area contributed by atoms with Gasteiger partial charge in [0.25, 0.3) is 0 Å². The maximum absolute atomic E-state index is 16.3. The summed E-state index contributed by atoms with van der Waals surface area (Å²) in [6, 6.07) is 12.8. The highest BCUT2D eigenvalue weighted by Gasteiger charge is 2.41. The van der Waals surface area contributed by atoms with Gasteiger partial charge in [-0.15, -0.1) is 0 Å². The summed E-state index contributed by atoms with van der Waals surface area (Å²) in [5, 5.41) is 5.19. The number of benzene rings is 2. The van der Waals surface area contributed by atoms with Gasteiger partial charge in [-0.2, -0.15) is 5.10 Å². The molecular weight excluding hydrogens is 336 g/mol. The van der Waals surface area contributed by atoms with Crippen molar-refractivity contribution in [1.29, 1.82) is 0 Å². The lowest BCUT2D eigenvalue weighted by atomic mass is 9.82. The lowest BCUT2D eigenvalue weighted by molar-refractivity contribution is 0.134. The van der Waals surface area contributed by atoms with Crippen molar-refractivity contribution in [1.82, 2.24) is 14.8 Å². The fourth-order valence-electron chi connectivity index (χ4n) is 2.63. The summed E-state index contributed by atoms with van der Waals surface area (Å²) in [7, 11) is 0. The van der Waals surface area contributed by atoms with Crippen molar-refractivity contribution in [2.45, 2.75) is 18.6 Å². The molecule has 0 aliphatic carbocycles. The minimum absolute atomic E-state index is 0.493. The van der Waals surface area contributed by atoms with Crippen LogP contribution >= 0.6 is 23.2 Å². The summed E-state index contributed by atoms with van der Waals surface area (Å²) in [5.41, 5.74) is -0.817. The number of alkyl halides is 1. The molecule has 0 fully saturated rings.